The van der Waals surface area contributed by atoms with Gasteiger partial charge < -0.3 is 4.98 Å². The maximum atomic E-state index is 13.2. The fourth-order valence-electron chi connectivity index (χ4n) is 2.01. The highest BCUT2D eigenvalue weighted by Gasteiger charge is 2.19. The summed E-state index contributed by atoms with van der Waals surface area (Å²) in [6.45, 7) is 0. The van der Waals surface area contributed by atoms with Crippen molar-refractivity contribution < 1.29 is 12.8 Å². The second-order valence-electron chi connectivity index (χ2n) is 4.46. The van der Waals surface area contributed by atoms with Crippen molar-refractivity contribution >= 4 is 38.2 Å². The molecule has 0 amide bonds. The molecule has 1 aromatic heterocycles. The first-order valence-corrected chi connectivity index (χ1v) is 7.87. The number of nitrogens with one attached hydrogen (secondary N) is 2. The van der Waals surface area contributed by atoms with Gasteiger partial charge in [0.2, 0.25) is 0 Å². The summed E-state index contributed by atoms with van der Waals surface area (Å²) in [5.74, 6) is -0.666. The van der Waals surface area contributed by atoms with Gasteiger partial charge in [0, 0.05) is 22.8 Å². The Balaban J connectivity index is 2.00. The van der Waals surface area contributed by atoms with Gasteiger partial charge in [-0.1, -0.05) is 11.6 Å². The van der Waals surface area contributed by atoms with Crippen LogP contribution in [0.3, 0.4) is 0 Å². The van der Waals surface area contributed by atoms with E-state index in [1.165, 1.54) is 6.07 Å². The molecule has 0 saturated carbocycles. The summed E-state index contributed by atoms with van der Waals surface area (Å²) in [4.78, 5) is 2.72. The molecule has 0 spiro atoms. The lowest BCUT2D eigenvalue weighted by Gasteiger charge is -2.09. The molecule has 0 radical (unpaired) electrons. The van der Waals surface area contributed by atoms with Crippen LogP contribution >= 0.6 is 11.6 Å². The second-order valence-corrected chi connectivity index (χ2v) is 6.52. The molecule has 0 atom stereocenters. The van der Waals surface area contributed by atoms with E-state index in [1.807, 2.05) is 6.07 Å². The van der Waals surface area contributed by atoms with E-state index in [2.05, 4.69) is 9.71 Å². The third-order valence-electron chi connectivity index (χ3n) is 2.99. The summed E-state index contributed by atoms with van der Waals surface area (Å²) >= 11 is 5.83. The predicted octanol–water partition coefficient (Wildman–Crippen LogP) is 3.76. The van der Waals surface area contributed by atoms with Crippen LogP contribution in [0.15, 0.2) is 53.6 Å². The molecule has 0 bridgehead atoms. The van der Waals surface area contributed by atoms with Crippen LogP contribution in [0.2, 0.25) is 5.02 Å². The lowest BCUT2D eigenvalue weighted by atomic mass is 10.2. The van der Waals surface area contributed by atoms with Crippen molar-refractivity contribution in [3.8, 4) is 0 Å². The molecule has 2 N–H and O–H groups in total. The number of sulfonamides is 1. The average Bonchev–Trinajstić information content (AvgIpc) is 2.88. The maximum absolute atomic E-state index is 13.2. The first-order chi connectivity index (χ1) is 9.95. The van der Waals surface area contributed by atoms with Gasteiger partial charge in [0.1, 0.15) is 10.7 Å². The van der Waals surface area contributed by atoms with E-state index in [1.54, 1.807) is 24.4 Å². The molecule has 0 unspecified atom stereocenters. The summed E-state index contributed by atoms with van der Waals surface area (Å²) in [6.07, 6.45) is 1.76. The van der Waals surface area contributed by atoms with Crippen LogP contribution in [0.25, 0.3) is 10.9 Å². The zero-order valence-electron chi connectivity index (χ0n) is 10.6. The number of rotatable bonds is 3. The smallest absolute Gasteiger partial charge is 0.263 e. The van der Waals surface area contributed by atoms with Gasteiger partial charge in [-0.15, -0.1) is 0 Å². The molecular weight excluding hydrogens is 315 g/mol. The Morgan fingerprint density at radius 1 is 1.10 bits per heavy atom. The fourth-order valence-corrected chi connectivity index (χ4v) is 3.57. The van der Waals surface area contributed by atoms with Crippen molar-refractivity contribution in [1.29, 1.82) is 0 Å². The van der Waals surface area contributed by atoms with E-state index >= 15 is 0 Å². The quantitative estimate of drug-likeness (QED) is 0.770. The minimum atomic E-state index is -3.95. The van der Waals surface area contributed by atoms with Gasteiger partial charge in [0.25, 0.3) is 10.0 Å². The highest BCUT2D eigenvalue weighted by atomic mass is 35.5. The topological polar surface area (TPSA) is 62.0 Å². The van der Waals surface area contributed by atoms with Crippen LogP contribution in [-0.4, -0.2) is 13.4 Å². The Morgan fingerprint density at radius 2 is 1.90 bits per heavy atom. The lowest BCUT2D eigenvalue weighted by Crippen LogP contribution is -2.13. The first-order valence-electron chi connectivity index (χ1n) is 6.01. The van der Waals surface area contributed by atoms with Crippen LogP contribution in [-0.2, 0) is 10.0 Å². The van der Waals surface area contributed by atoms with E-state index in [9.17, 15) is 12.8 Å². The van der Waals surface area contributed by atoms with Gasteiger partial charge in [-0.3, -0.25) is 4.72 Å². The number of aromatic nitrogens is 1. The molecule has 108 valence electrons. The van der Waals surface area contributed by atoms with Gasteiger partial charge in [0.15, 0.2) is 0 Å². The minimum Gasteiger partial charge on any atom is -0.361 e. The molecular formula is C14H10ClFN2O2S. The fraction of sp³-hybridized carbons (Fsp3) is 0. The van der Waals surface area contributed by atoms with Crippen LogP contribution in [0.1, 0.15) is 0 Å². The van der Waals surface area contributed by atoms with Gasteiger partial charge in [0.05, 0.1) is 5.02 Å². The molecule has 0 aliphatic rings. The summed E-state index contributed by atoms with van der Waals surface area (Å²) in [5.41, 5.74) is 1.27. The lowest BCUT2D eigenvalue weighted by molar-refractivity contribution is 0.595. The maximum Gasteiger partial charge on any atom is 0.263 e. The number of aromatic amines is 1. The van der Waals surface area contributed by atoms with Crippen LogP contribution in [0.5, 0.6) is 0 Å². The predicted molar refractivity (Wildman–Crippen MR) is 80.5 cm³/mol. The van der Waals surface area contributed by atoms with E-state index in [0.717, 1.165) is 23.0 Å². The Bertz CT molecular complexity index is 922. The Morgan fingerprint density at radius 3 is 2.71 bits per heavy atom. The zero-order chi connectivity index (χ0) is 15.0. The molecule has 7 heteroatoms. The van der Waals surface area contributed by atoms with Gasteiger partial charge in [-0.25, -0.2) is 12.8 Å². The highest BCUT2D eigenvalue weighted by molar-refractivity contribution is 7.92. The number of hydrogen-bond acceptors (Lipinski definition) is 2. The Labute approximate surface area is 125 Å². The Hall–Kier alpha value is -2.05. The highest BCUT2D eigenvalue weighted by Crippen LogP contribution is 2.26. The number of anilines is 1. The van der Waals surface area contributed by atoms with Crippen LogP contribution < -0.4 is 4.72 Å². The molecule has 0 saturated heterocycles. The summed E-state index contributed by atoms with van der Waals surface area (Å²) in [5, 5.41) is 0.826. The summed E-state index contributed by atoms with van der Waals surface area (Å²) in [6, 6.07) is 10.1. The molecule has 0 aliphatic heterocycles. The number of hydrogen-bond donors (Lipinski definition) is 2. The van der Waals surface area contributed by atoms with E-state index in [0.29, 0.717) is 5.69 Å². The van der Waals surface area contributed by atoms with Crippen molar-refractivity contribution in [2.75, 3.05) is 4.72 Å². The molecule has 21 heavy (non-hydrogen) atoms. The van der Waals surface area contributed by atoms with Crippen LogP contribution in [0.4, 0.5) is 10.1 Å². The standard InChI is InChI=1S/C14H10ClFN2O2S/c15-12-3-1-10(16)8-14(12)21(19,20)18-11-2-4-13-9(7-11)5-6-17-13/h1-8,17-18H. The minimum absolute atomic E-state index is 0.0355. The third-order valence-corrected chi connectivity index (χ3v) is 4.85. The number of benzene rings is 2. The molecule has 4 nitrogen and oxygen atoms in total. The summed E-state index contributed by atoms with van der Waals surface area (Å²) < 4.78 is 40.2. The third kappa shape index (κ3) is 2.72. The van der Waals surface area contributed by atoms with E-state index < -0.39 is 15.8 Å². The average molecular weight is 325 g/mol. The number of H-pyrrole nitrogens is 1. The second kappa shape index (κ2) is 5.05. The molecule has 1 heterocycles. The normalized spacial score (nSPS) is 11.7. The monoisotopic (exact) mass is 324 g/mol. The van der Waals surface area contributed by atoms with Crippen molar-refractivity contribution in [1.82, 2.24) is 4.98 Å². The van der Waals surface area contributed by atoms with Gasteiger partial charge in [-0.2, -0.15) is 0 Å². The summed E-state index contributed by atoms with van der Waals surface area (Å²) in [7, 11) is -3.95. The zero-order valence-corrected chi connectivity index (χ0v) is 12.2. The van der Waals surface area contributed by atoms with Gasteiger partial charge in [-0.05, 0) is 42.5 Å². The first kappa shape index (κ1) is 13.9. The van der Waals surface area contributed by atoms with Crippen molar-refractivity contribution in [2.24, 2.45) is 0 Å². The number of halogens is 2. The van der Waals surface area contributed by atoms with E-state index in [4.69, 9.17) is 11.6 Å². The number of fused-ring (bicyclic) bond motifs is 1. The van der Waals surface area contributed by atoms with Crippen LogP contribution in [0, 0.1) is 5.82 Å². The van der Waals surface area contributed by atoms with Crippen molar-refractivity contribution in [3.05, 3.63) is 59.5 Å². The van der Waals surface area contributed by atoms with Crippen molar-refractivity contribution in [2.45, 2.75) is 4.90 Å². The molecule has 3 rings (SSSR count). The van der Waals surface area contributed by atoms with E-state index in [-0.39, 0.29) is 9.92 Å². The molecule has 0 fully saturated rings. The molecule has 3 aromatic rings. The molecule has 2 aromatic carbocycles. The van der Waals surface area contributed by atoms with Gasteiger partial charge >= 0.3 is 0 Å². The SMILES string of the molecule is O=S(=O)(Nc1ccc2[nH]ccc2c1)c1cc(F)ccc1Cl. The Kier molecular flexibility index (Phi) is 3.35. The largest absolute Gasteiger partial charge is 0.361 e. The molecule has 0 aliphatic carbocycles. The van der Waals surface area contributed by atoms with Crippen molar-refractivity contribution in [3.63, 3.8) is 0 Å².